The molecule has 2 unspecified atom stereocenters. The van der Waals surface area contributed by atoms with Crippen LogP contribution in [0, 0.1) is 40.9 Å². The third-order valence-electron chi connectivity index (χ3n) is 4.88. The smallest absolute Gasteiger partial charge is 0.259 e. The van der Waals surface area contributed by atoms with E-state index < -0.39 is 8.53 Å². The SMILES string of the molecule is CC(C)N(C(C)C)P(OCCC#N)OCC1[C@H]2CCC#CCC[C@@H]12. The van der Waals surface area contributed by atoms with Gasteiger partial charge in [0.25, 0.3) is 8.53 Å². The van der Waals surface area contributed by atoms with E-state index in [1.807, 2.05) is 0 Å². The highest BCUT2D eigenvalue weighted by Crippen LogP contribution is 2.55. The van der Waals surface area contributed by atoms with Gasteiger partial charge in [0.15, 0.2) is 0 Å². The van der Waals surface area contributed by atoms with E-state index in [1.54, 1.807) is 0 Å². The fourth-order valence-corrected chi connectivity index (χ4v) is 5.39. The van der Waals surface area contributed by atoms with Gasteiger partial charge in [-0.3, -0.25) is 0 Å². The lowest BCUT2D eigenvalue weighted by Crippen LogP contribution is -2.33. The zero-order valence-corrected chi connectivity index (χ0v) is 16.4. The fraction of sp³-hybridized carbons (Fsp3) is 0.842. The molecule has 0 bridgehead atoms. The van der Waals surface area contributed by atoms with Gasteiger partial charge >= 0.3 is 0 Å². The lowest BCUT2D eigenvalue weighted by Gasteiger charge is -2.35. The Morgan fingerprint density at radius 1 is 1.08 bits per heavy atom. The normalized spacial score (nSPS) is 27.0. The largest absolute Gasteiger partial charge is 0.322 e. The van der Waals surface area contributed by atoms with Crippen molar-refractivity contribution in [2.75, 3.05) is 13.2 Å². The Kier molecular flexibility index (Phi) is 7.99. The Hall–Kier alpha value is -0.640. The van der Waals surface area contributed by atoms with Crippen molar-refractivity contribution in [1.82, 2.24) is 4.67 Å². The van der Waals surface area contributed by atoms with E-state index in [0.29, 0.717) is 31.0 Å². The zero-order chi connectivity index (χ0) is 17.5. The van der Waals surface area contributed by atoms with Crippen molar-refractivity contribution < 1.29 is 9.05 Å². The molecule has 134 valence electrons. The van der Waals surface area contributed by atoms with Crippen LogP contribution in [0.5, 0.6) is 0 Å². The van der Waals surface area contributed by atoms with Crippen molar-refractivity contribution in [2.24, 2.45) is 17.8 Å². The highest BCUT2D eigenvalue weighted by molar-refractivity contribution is 7.44. The molecule has 1 saturated carbocycles. The Labute approximate surface area is 148 Å². The van der Waals surface area contributed by atoms with Gasteiger partial charge in [0, 0.05) is 24.9 Å². The molecule has 0 saturated heterocycles. The van der Waals surface area contributed by atoms with Gasteiger partial charge in [-0.25, -0.2) is 4.67 Å². The maximum atomic E-state index is 8.77. The van der Waals surface area contributed by atoms with Crippen LogP contribution in [0.25, 0.3) is 0 Å². The molecule has 0 amide bonds. The first-order valence-corrected chi connectivity index (χ1v) is 10.4. The van der Waals surface area contributed by atoms with Crippen molar-refractivity contribution in [1.29, 1.82) is 5.26 Å². The molecule has 2 aliphatic rings. The molecule has 0 aliphatic heterocycles. The predicted octanol–water partition coefficient (Wildman–Crippen LogP) is 4.72. The van der Waals surface area contributed by atoms with Crippen LogP contribution in [0.15, 0.2) is 0 Å². The summed E-state index contributed by atoms with van der Waals surface area (Å²) < 4.78 is 14.6. The molecule has 4 nitrogen and oxygen atoms in total. The minimum Gasteiger partial charge on any atom is -0.322 e. The third kappa shape index (κ3) is 5.44. The van der Waals surface area contributed by atoms with Crippen LogP contribution in [0.3, 0.4) is 0 Å². The number of fused-ring (bicyclic) bond motifs is 1. The summed E-state index contributed by atoms with van der Waals surface area (Å²) in [6.45, 7) is 9.93. The van der Waals surface area contributed by atoms with Crippen LogP contribution in [0.4, 0.5) is 0 Å². The van der Waals surface area contributed by atoms with Crippen molar-refractivity contribution in [3.8, 4) is 17.9 Å². The lowest BCUT2D eigenvalue weighted by molar-refractivity contribution is 0.168. The van der Waals surface area contributed by atoms with Gasteiger partial charge in [-0.15, -0.1) is 11.8 Å². The number of hydrogen-bond donors (Lipinski definition) is 0. The monoisotopic (exact) mass is 350 g/mol. The molecular formula is C19H31N2O2P. The molecule has 1 fully saturated rings. The maximum absolute atomic E-state index is 8.77. The van der Waals surface area contributed by atoms with Crippen LogP contribution in [-0.4, -0.2) is 30.0 Å². The summed E-state index contributed by atoms with van der Waals surface area (Å²) >= 11 is 0. The molecule has 0 aromatic carbocycles. The van der Waals surface area contributed by atoms with E-state index in [0.717, 1.165) is 31.3 Å². The van der Waals surface area contributed by atoms with Gasteiger partial charge < -0.3 is 9.05 Å². The Morgan fingerprint density at radius 2 is 1.67 bits per heavy atom. The van der Waals surface area contributed by atoms with Crippen LogP contribution in [0.1, 0.15) is 59.8 Å². The Morgan fingerprint density at radius 3 is 2.17 bits per heavy atom. The summed E-state index contributed by atoms with van der Waals surface area (Å²) in [5.74, 6) is 8.78. The van der Waals surface area contributed by atoms with Crippen molar-refractivity contribution >= 4 is 8.53 Å². The molecule has 4 atom stereocenters. The standard InChI is InChI=1S/C19H31N2O2P/c1-15(2)21(16(3)4)24(22-13-9-12-20)23-14-19-17-10-7-5-6-8-11-18(17)19/h15-19H,7-11,13-14H2,1-4H3/t17-,18+,19?,24?. The van der Waals surface area contributed by atoms with Gasteiger partial charge in [-0.05, 0) is 58.3 Å². The number of rotatable bonds is 9. The average Bonchev–Trinajstić information content (AvgIpc) is 3.13. The van der Waals surface area contributed by atoms with Crippen molar-refractivity contribution in [3.05, 3.63) is 0 Å². The van der Waals surface area contributed by atoms with Crippen LogP contribution < -0.4 is 0 Å². The first-order chi connectivity index (χ1) is 11.6. The predicted molar refractivity (Wildman–Crippen MR) is 97.9 cm³/mol. The summed E-state index contributed by atoms with van der Waals surface area (Å²) in [4.78, 5) is 0. The van der Waals surface area contributed by atoms with Crippen LogP contribution in [-0.2, 0) is 9.05 Å². The molecule has 0 aromatic heterocycles. The summed E-state index contributed by atoms with van der Waals surface area (Å²) in [5, 5.41) is 8.77. The van der Waals surface area contributed by atoms with Gasteiger partial charge in [0.05, 0.1) is 25.7 Å². The molecule has 5 heteroatoms. The minimum atomic E-state index is -1.10. The van der Waals surface area contributed by atoms with Crippen molar-refractivity contribution in [2.45, 2.75) is 71.9 Å². The first-order valence-electron chi connectivity index (χ1n) is 9.23. The Bertz CT molecular complexity index is 466. The van der Waals surface area contributed by atoms with Gasteiger partial charge in [0.1, 0.15) is 0 Å². The Balaban J connectivity index is 1.89. The quantitative estimate of drug-likeness (QED) is 0.343. The van der Waals surface area contributed by atoms with Gasteiger partial charge in [0.2, 0.25) is 0 Å². The lowest BCUT2D eigenvalue weighted by atomic mass is 10.1. The molecular weight excluding hydrogens is 319 g/mol. The first kappa shape index (κ1) is 19.7. The van der Waals surface area contributed by atoms with E-state index >= 15 is 0 Å². The number of nitrogens with zero attached hydrogens (tertiary/aromatic N) is 2. The minimum absolute atomic E-state index is 0.361. The van der Waals surface area contributed by atoms with Gasteiger partial charge in [-0.2, -0.15) is 5.26 Å². The summed E-state index contributed by atoms with van der Waals surface area (Å²) in [7, 11) is -1.10. The molecule has 0 radical (unpaired) electrons. The van der Waals surface area contributed by atoms with Crippen LogP contribution in [0.2, 0.25) is 0 Å². The van der Waals surface area contributed by atoms with E-state index in [1.165, 1.54) is 12.8 Å². The molecule has 0 spiro atoms. The summed E-state index contributed by atoms with van der Waals surface area (Å²) in [5.41, 5.74) is 0. The molecule has 2 aliphatic carbocycles. The number of hydrogen-bond acceptors (Lipinski definition) is 4. The van der Waals surface area contributed by atoms with E-state index in [9.17, 15) is 0 Å². The summed E-state index contributed by atoms with van der Waals surface area (Å²) in [6, 6.07) is 2.87. The second-order valence-corrected chi connectivity index (χ2v) is 8.72. The van der Waals surface area contributed by atoms with E-state index in [4.69, 9.17) is 14.3 Å². The highest BCUT2D eigenvalue weighted by Gasteiger charge is 2.49. The van der Waals surface area contributed by atoms with Crippen molar-refractivity contribution in [3.63, 3.8) is 0 Å². The average molecular weight is 350 g/mol. The van der Waals surface area contributed by atoms with Gasteiger partial charge in [-0.1, -0.05) is 0 Å². The molecule has 2 rings (SSSR count). The maximum Gasteiger partial charge on any atom is 0.259 e. The molecule has 0 aromatic rings. The second kappa shape index (κ2) is 9.74. The molecule has 0 N–H and O–H groups in total. The summed E-state index contributed by atoms with van der Waals surface area (Å²) in [6.07, 6.45) is 4.93. The molecule has 0 heterocycles. The molecule has 24 heavy (non-hydrogen) atoms. The topological polar surface area (TPSA) is 45.5 Å². The zero-order valence-electron chi connectivity index (χ0n) is 15.5. The van der Waals surface area contributed by atoms with E-state index in [-0.39, 0.29) is 0 Å². The number of nitriles is 1. The third-order valence-corrected chi connectivity index (χ3v) is 6.95. The second-order valence-electron chi connectivity index (χ2n) is 7.26. The fourth-order valence-electron chi connectivity index (χ4n) is 3.75. The highest BCUT2D eigenvalue weighted by atomic mass is 31.2. The van der Waals surface area contributed by atoms with E-state index in [2.05, 4.69) is 50.3 Å². The van der Waals surface area contributed by atoms with Crippen LogP contribution >= 0.6 is 8.53 Å².